The Morgan fingerprint density at radius 3 is 2.67 bits per heavy atom. The van der Waals surface area contributed by atoms with Gasteiger partial charge in [-0.2, -0.15) is 0 Å². The van der Waals surface area contributed by atoms with Crippen molar-refractivity contribution in [1.29, 1.82) is 0 Å². The molecule has 0 rings (SSSR count). The largest absolute Gasteiger partial charge is 0.317 e. The topological polar surface area (TPSA) is 4.36 Å². The minimum atomic E-state index is 0.587. The van der Waals surface area contributed by atoms with E-state index in [1.54, 1.807) is 6.08 Å². The first-order valence-corrected chi connectivity index (χ1v) is 1.86. The van der Waals surface area contributed by atoms with Gasteiger partial charge in [-0.1, -0.05) is 6.08 Å². The van der Waals surface area contributed by atoms with E-state index in [-0.39, 0.29) is 0 Å². The third kappa shape index (κ3) is 3.23. The Balaban J connectivity index is 2.72. The van der Waals surface area contributed by atoms with Crippen molar-refractivity contribution in [3.05, 3.63) is 24.1 Å². The highest BCUT2D eigenvalue weighted by Gasteiger charge is 1.72. The molecule has 0 fully saturated rings. The van der Waals surface area contributed by atoms with E-state index in [9.17, 15) is 0 Å². The van der Waals surface area contributed by atoms with Crippen LogP contribution in [0.15, 0.2) is 12.7 Å². The molecular weight excluding hydrogens is 74.1 g/mol. The molecule has 0 saturated heterocycles. The van der Waals surface area contributed by atoms with E-state index < -0.39 is 0 Å². The van der Waals surface area contributed by atoms with Crippen molar-refractivity contribution in [2.24, 2.45) is 0 Å². The molecule has 0 aliphatic heterocycles. The molecule has 0 bridgehead atoms. The predicted octanol–water partition coefficient (Wildman–Crippen LogP) is 1.48. The van der Waals surface area contributed by atoms with E-state index in [2.05, 4.69) is 11.4 Å². The van der Waals surface area contributed by atoms with Crippen LogP contribution in [0.3, 0.4) is 0 Å². The van der Waals surface area contributed by atoms with Crippen LogP contribution in [-0.4, -0.2) is 6.54 Å². The zero-order valence-corrected chi connectivity index (χ0v) is 3.65. The van der Waals surface area contributed by atoms with Gasteiger partial charge in [0.25, 0.3) is 0 Å². The van der Waals surface area contributed by atoms with E-state index in [0.717, 1.165) is 6.42 Å². The van der Waals surface area contributed by atoms with Crippen LogP contribution in [-0.2, 0) is 0 Å². The zero-order chi connectivity index (χ0) is 4.83. The molecule has 0 amide bonds. The van der Waals surface area contributed by atoms with Gasteiger partial charge in [-0.25, -0.2) is 6.57 Å². The summed E-state index contributed by atoms with van der Waals surface area (Å²) in [5.41, 5.74) is 0. The van der Waals surface area contributed by atoms with Gasteiger partial charge < -0.3 is 4.85 Å². The Labute approximate surface area is 38.1 Å². The summed E-state index contributed by atoms with van der Waals surface area (Å²) in [5, 5.41) is 0. The Hall–Kier alpha value is -0.770. The van der Waals surface area contributed by atoms with Crippen LogP contribution in [0, 0.1) is 6.57 Å². The van der Waals surface area contributed by atoms with E-state index in [4.69, 9.17) is 6.57 Å². The van der Waals surface area contributed by atoms with Gasteiger partial charge in [-0.05, 0) is 0 Å². The van der Waals surface area contributed by atoms with Crippen molar-refractivity contribution in [2.75, 3.05) is 6.54 Å². The molecule has 0 aromatic heterocycles. The molecule has 0 unspecified atom stereocenters. The van der Waals surface area contributed by atoms with Gasteiger partial charge in [0, 0.05) is 6.42 Å². The summed E-state index contributed by atoms with van der Waals surface area (Å²) in [7, 11) is 0. The van der Waals surface area contributed by atoms with Gasteiger partial charge in [0.1, 0.15) is 0 Å². The Bertz CT molecular complexity index is 68.5. The quantitative estimate of drug-likeness (QED) is 0.269. The van der Waals surface area contributed by atoms with Crippen molar-refractivity contribution in [3.8, 4) is 0 Å². The number of rotatable bonds is 2. The van der Waals surface area contributed by atoms with Crippen LogP contribution in [0.1, 0.15) is 6.42 Å². The summed E-state index contributed by atoms with van der Waals surface area (Å²) >= 11 is 0. The first-order valence-electron chi connectivity index (χ1n) is 1.86. The maximum Gasteiger partial charge on any atom is 0.218 e. The van der Waals surface area contributed by atoms with Crippen LogP contribution in [0.5, 0.6) is 0 Å². The summed E-state index contributed by atoms with van der Waals surface area (Å²) in [4.78, 5) is 3.10. The predicted molar refractivity (Wildman–Crippen MR) is 26.3 cm³/mol. The molecule has 0 heterocycles. The molecule has 1 heteroatoms. The maximum atomic E-state index is 6.28. The second-order valence-electron chi connectivity index (χ2n) is 0.959. The average Bonchev–Trinajstić information content (AvgIpc) is 1.61. The third-order valence-corrected chi connectivity index (χ3v) is 0.445. The zero-order valence-electron chi connectivity index (χ0n) is 3.65. The van der Waals surface area contributed by atoms with E-state index in [0.29, 0.717) is 6.54 Å². The van der Waals surface area contributed by atoms with Crippen molar-refractivity contribution >= 4 is 0 Å². The fraction of sp³-hybridized carbons (Fsp3) is 0.400. The van der Waals surface area contributed by atoms with Crippen molar-refractivity contribution in [3.63, 3.8) is 0 Å². The highest BCUT2D eigenvalue weighted by molar-refractivity contribution is 4.72. The standard InChI is InChI=1S/C5H7N/c1-3-4-5-6-2/h3H,1,4-5H2. The van der Waals surface area contributed by atoms with Crippen molar-refractivity contribution in [2.45, 2.75) is 6.42 Å². The van der Waals surface area contributed by atoms with Gasteiger partial charge in [0.2, 0.25) is 6.54 Å². The van der Waals surface area contributed by atoms with Crippen LogP contribution in [0.25, 0.3) is 4.85 Å². The molecule has 0 saturated carbocycles. The van der Waals surface area contributed by atoms with Crippen LogP contribution in [0.2, 0.25) is 0 Å². The monoisotopic (exact) mass is 81.1 g/mol. The maximum absolute atomic E-state index is 6.28. The van der Waals surface area contributed by atoms with Gasteiger partial charge in [0.05, 0.1) is 0 Å². The smallest absolute Gasteiger partial charge is 0.218 e. The summed E-state index contributed by atoms with van der Waals surface area (Å²) in [6.45, 7) is 10.3. The highest BCUT2D eigenvalue weighted by Crippen LogP contribution is 1.76. The minimum Gasteiger partial charge on any atom is -0.317 e. The first kappa shape index (κ1) is 5.23. The highest BCUT2D eigenvalue weighted by atomic mass is 14.6. The molecule has 32 valence electrons. The summed E-state index contributed by atoms with van der Waals surface area (Å²) < 4.78 is 0. The Kier molecular flexibility index (Phi) is 3.69. The molecule has 0 aliphatic rings. The molecule has 0 aromatic rings. The van der Waals surface area contributed by atoms with Gasteiger partial charge in [-0.15, -0.1) is 6.58 Å². The lowest BCUT2D eigenvalue weighted by Crippen LogP contribution is -1.65. The molecule has 0 atom stereocenters. The lowest BCUT2D eigenvalue weighted by molar-refractivity contribution is 1.15. The Morgan fingerprint density at radius 2 is 2.50 bits per heavy atom. The van der Waals surface area contributed by atoms with Crippen LogP contribution < -0.4 is 0 Å². The number of hydrogen-bond acceptors (Lipinski definition) is 0. The van der Waals surface area contributed by atoms with Crippen LogP contribution >= 0.6 is 0 Å². The Morgan fingerprint density at radius 1 is 1.83 bits per heavy atom. The fourth-order valence-corrected chi connectivity index (χ4v) is 0.156. The van der Waals surface area contributed by atoms with Crippen molar-refractivity contribution < 1.29 is 0 Å². The summed E-state index contributed by atoms with van der Waals surface area (Å²) in [5.74, 6) is 0. The van der Waals surface area contributed by atoms with Gasteiger partial charge >= 0.3 is 0 Å². The van der Waals surface area contributed by atoms with Crippen LogP contribution in [0.4, 0.5) is 0 Å². The third-order valence-electron chi connectivity index (χ3n) is 0.445. The fourth-order valence-electron chi connectivity index (χ4n) is 0.156. The lowest BCUT2D eigenvalue weighted by Gasteiger charge is -1.69. The first-order chi connectivity index (χ1) is 2.91. The van der Waals surface area contributed by atoms with E-state index in [1.165, 1.54) is 0 Å². The summed E-state index contributed by atoms with van der Waals surface area (Å²) in [6.07, 6.45) is 2.57. The van der Waals surface area contributed by atoms with Gasteiger partial charge in [0.15, 0.2) is 0 Å². The average molecular weight is 81.1 g/mol. The second-order valence-corrected chi connectivity index (χ2v) is 0.959. The molecule has 1 nitrogen and oxygen atoms in total. The minimum absolute atomic E-state index is 0.587. The van der Waals surface area contributed by atoms with Crippen molar-refractivity contribution in [1.82, 2.24) is 0 Å². The second kappa shape index (κ2) is 4.23. The molecule has 0 aromatic carbocycles. The molecule has 0 aliphatic carbocycles. The summed E-state index contributed by atoms with van der Waals surface area (Å²) in [6, 6.07) is 0. The normalized spacial score (nSPS) is 6.50. The van der Waals surface area contributed by atoms with E-state index >= 15 is 0 Å². The van der Waals surface area contributed by atoms with E-state index in [1.807, 2.05) is 0 Å². The SMILES string of the molecule is [C-]#[N+]CCC=C. The number of nitrogens with zero attached hydrogens (tertiary/aromatic N) is 1. The molecule has 0 N–H and O–H groups in total. The molecule has 0 radical (unpaired) electrons. The molecule has 6 heavy (non-hydrogen) atoms. The lowest BCUT2D eigenvalue weighted by atomic mass is 10.4. The number of hydrogen-bond donors (Lipinski definition) is 0. The van der Waals surface area contributed by atoms with Gasteiger partial charge in [-0.3, -0.25) is 0 Å². The molecule has 0 spiro atoms. The molecular formula is C5H7N.